The summed E-state index contributed by atoms with van der Waals surface area (Å²) >= 11 is 0. The van der Waals surface area contributed by atoms with Crippen LogP contribution in [0.25, 0.3) is 22.1 Å². The van der Waals surface area contributed by atoms with Gasteiger partial charge in [0, 0.05) is 23.8 Å². The zero-order valence-electron chi connectivity index (χ0n) is 26.5. The molecule has 46 heavy (non-hydrogen) atoms. The van der Waals surface area contributed by atoms with E-state index in [1.54, 1.807) is 7.11 Å². The number of hydrogen-bond donors (Lipinski definition) is 0. The quantitative estimate of drug-likeness (QED) is 0.0896. The standard InChI is InChI=1S/C37H40N2O7/c1-3-4-5-6-7-8-9-10-15-32(40)46-36-24-19-30-29(44-21-45-30)18-23(24)33(34-25(36)20-43-37(34)41)22-16-28-35(31(17-22)42-2)39-27-14-12-11-13-26(27)38-28/h11-14,16-19,25,33-34,36H,3-10,15,20-21H2,1-2H3/t25-,33+,34-,36+/m0/s1. The van der Waals surface area contributed by atoms with Gasteiger partial charge in [0.25, 0.3) is 0 Å². The van der Waals surface area contributed by atoms with Crippen LogP contribution < -0.4 is 14.2 Å². The molecule has 9 nitrogen and oxygen atoms in total. The molecule has 3 heterocycles. The van der Waals surface area contributed by atoms with Gasteiger partial charge in [-0.1, -0.05) is 64.0 Å². The number of benzene rings is 3. The lowest BCUT2D eigenvalue weighted by Gasteiger charge is -2.38. The third-order valence-corrected chi connectivity index (χ3v) is 9.62. The minimum Gasteiger partial charge on any atom is -0.494 e. The highest BCUT2D eigenvalue weighted by molar-refractivity contribution is 5.90. The molecule has 0 unspecified atom stereocenters. The van der Waals surface area contributed by atoms with Crippen LogP contribution in [0, 0.1) is 11.8 Å². The zero-order valence-corrected chi connectivity index (χ0v) is 26.5. The van der Waals surface area contributed by atoms with Crippen LogP contribution in [0.2, 0.25) is 0 Å². The van der Waals surface area contributed by atoms with E-state index in [0.717, 1.165) is 47.0 Å². The molecule has 3 aromatic carbocycles. The third-order valence-electron chi connectivity index (χ3n) is 9.62. The van der Waals surface area contributed by atoms with Crippen LogP contribution in [0.15, 0.2) is 48.5 Å². The topological polar surface area (TPSA) is 106 Å². The summed E-state index contributed by atoms with van der Waals surface area (Å²) in [6, 6.07) is 15.4. The molecule has 3 aliphatic rings. The predicted octanol–water partition coefficient (Wildman–Crippen LogP) is 7.57. The highest BCUT2D eigenvalue weighted by Crippen LogP contribution is 2.55. The Bertz CT molecular complexity index is 1770. The van der Waals surface area contributed by atoms with E-state index in [4.69, 9.17) is 33.7 Å². The molecule has 4 atom stereocenters. The summed E-state index contributed by atoms with van der Waals surface area (Å²) in [5, 5.41) is 0. The lowest BCUT2D eigenvalue weighted by Crippen LogP contribution is -2.36. The van der Waals surface area contributed by atoms with Gasteiger partial charge in [0.1, 0.15) is 17.4 Å². The molecule has 4 aromatic rings. The van der Waals surface area contributed by atoms with Crippen LogP contribution in [0.5, 0.6) is 17.2 Å². The molecule has 1 saturated heterocycles. The fourth-order valence-corrected chi connectivity index (χ4v) is 7.32. The Hall–Kier alpha value is -4.40. The molecule has 0 saturated carbocycles. The number of methoxy groups -OCH3 is 1. The molecule has 7 rings (SSSR count). The van der Waals surface area contributed by atoms with E-state index >= 15 is 0 Å². The number of ether oxygens (including phenoxy) is 5. The monoisotopic (exact) mass is 624 g/mol. The first-order valence-electron chi connectivity index (χ1n) is 16.6. The molecule has 1 aliphatic carbocycles. The van der Waals surface area contributed by atoms with E-state index in [1.165, 1.54) is 32.1 Å². The number of rotatable bonds is 12. The first kappa shape index (κ1) is 30.3. The van der Waals surface area contributed by atoms with E-state index < -0.39 is 17.9 Å². The lowest BCUT2D eigenvalue weighted by molar-refractivity contribution is -0.154. The number of para-hydroxylation sites is 2. The molecule has 1 fully saturated rings. The Labute approximate surface area is 268 Å². The van der Waals surface area contributed by atoms with E-state index in [-0.39, 0.29) is 31.3 Å². The number of esters is 2. The van der Waals surface area contributed by atoms with Crippen molar-refractivity contribution in [3.63, 3.8) is 0 Å². The van der Waals surface area contributed by atoms with Crippen molar-refractivity contribution >= 4 is 34.0 Å². The molecule has 1 aromatic heterocycles. The molecule has 0 amide bonds. The summed E-state index contributed by atoms with van der Waals surface area (Å²) in [6.45, 7) is 2.49. The Morgan fingerprint density at radius 2 is 1.54 bits per heavy atom. The number of carbonyl (C=O) groups excluding carboxylic acids is 2. The second-order valence-electron chi connectivity index (χ2n) is 12.6. The van der Waals surface area contributed by atoms with Crippen LogP contribution in [0.3, 0.4) is 0 Å². The first-order chi connectivity index (χ1) is 22.6. The second-order valence-corrected chi connectivity index (χ2v) is 12.6. The highest BCUT2D eigenvalue weighted by atomic mass is 16.7. The van der Waals surface area contributed by atoms with Gasteiger partial charge >= 0.3 is 11.9 Å². The first-order valence-corrected chi connectivity index (χ1v) is 16.6. The van der Waals surface area contributed by atoms with Crippen molar-refractivity contribution in [2.24, 2.45) is 11.8 Å². The Morgan fingerprint density at radius 3 is 2.28 bits per heavy atom. The molecule has 0 N–H and O–H groups in total. The van der Waals surface area contributed by atoms with E-state index in [9.17, 15) is 9.59 Å². The summed E-state index contributed by atoms with van der Waals surface area (Å²) in [4.78, 5) is 36.5. The molecule has 240 valence electrons. The second kappa shape index (κ2) is 13.1. The minimum atomic E-state index is -0.648. The van der Waals surface area contributed by atoms with Gasteiger partial charge in [0.05, 0.1) is 36.2 Å². The van der Waals surface area contributed by atoms with Crippen molar-refractivity contribution in [1.29, 1.82) is 0 Å². The average Bonchev–Trinajstić information content (AvgIpc) is 3.69. The van der Waals surface area contributed by atoms with Crippen molar-refractivity contribution < 1.29 is 33.3 Å². The molecule has 2 aliphatic heterocycles. The Balaban J connectivity index is 1.22. The lowest BCUT2D eigenvalue weighted by atomic mass is 9.66. The van der Waals surface area contributed by atoms with Crippen LogP contribution in [0.1, 0.15) is 93.4 Å². The van der Waals surface area contributed by atoms with Gasteiger partial charge in [-0.05, 0) is 53.9 Å². The number of nitrogens with zero attached hydrogens (tertiary/aromatic N) is 2. The molecular weight excluding hydrogens is 584 g/mol. The normalized spacial score (nSPS) is 21.2. The van der Waals surface area contributed by atoms with Gasteiger partial charge in [-0.25, -0.2) is 9.97 Å². The summed E-state index contributed by atoms with van der Waals surface area (Å²) in [7, 11) is 1.61. The van der Waals surface area contributed by atoms with Crippen LogP contribution in [-0.2, 0) is 19.1 Å². The van der Waals surface area contributed by atoms with Gasteiger partial charge < -0.3 is 23.7 Å². The number of fused-ring (bicyclic) bond motifs is 5. The molecule has 0 radical (unpaired) electrons. The number of aromatic nitrogens is 2. The van der Waals surface area contributed by atoms with Gasteiger partial charge in [-0.15, -0.1) is 0 Å². The van der Waals surface area contributed by atoms with Crippen LogP contribution in [-0.4, -0.2) is 42.4 Å². The van der Waals surface area contributed by atoms with Gasteiger partial charge in [0.2, 0.25) is 6.79 Å². The average molecular weight is 625 g/mol. The summed E-state index contributed by atoms with van der Waals surface area (Å²) in [5.74, 6) is -0.179. The van der Waals surface area contributed by atoms with Crippen molar-refractivity contribution in [1.82, 2.24) is 9.97 Å². The fourth-order valence-electron chi connectivity index (χ4n) is 7.32. The van der Waals surface area contributed by atoms with Crippen molar-refractivity contribution in [2.45, 2.75) is 76.7 Å². The summed E-state index contributed by atoms with van der Waals surface area (Å²) in [6.07, 6.45) is 8.84. The maximum absolute atomic E-state index is 13.5. The molecule has 9 heteroatoms. The maximum Gasteiger partial charge on any atom is 0.310 e. The van der Waals surface area contributed by atoms with Crippen molar-refractivity contribution in [3.8, 4) is 17.2 Å². The van der Waals surface area contributed by atoms with Crippen molar-refractivity contribution in [3.05, 3.63) is 65.2 Å². The number of hydrogen-bond acceptors (Lipinski definition) is 9. The van der Waals surface area contributed by atoms with Gasteiger partial charge in [-0.2, -0.15) is 0 Å². The number of cyclic esters (lactones) is 1. The van der Waals surface area contributed by atoms with E-state index in [0.29, 0.717) is 34.7 Å². The maximum atomic E-state index is 13.5. The Kier molecular flexibility index (Phi) is 8.65. The SMILES string of the molecule is CCCCCCCCCCC(=O)O[C@@H]1c2cc3c(cc2[C@@H](c2cc(OC)c4nc5ccccc5nc4c2)[C@H]2C(=O)OC[C@@H]21)OCO3. The van der Waals surface area contributed by atoms with Crippen molar-refractivity contribution in [2.75, 3.05) is 20.5 Å². The molecular formula is C37H40N2O7. The van der Waals surface area contributed by atoms with Gasteiger partial charge in [0.15, 0.2) is 11.5 Å². The van der Waals surface area contributed by atoms with E-state index in [1.807, 2.05) is 48.5 Å². The fraction of sp³-hybridized carbons (Fsp3) is 0.459. The summed E-state index contributed by atoms with van der Waals surface area (Å²) in [5.41, 5.74) is 5.33. The number of unbranched alkanes of at least 4 members (excludes halogenated alkanes) is 7. The van der Waals surface area contributed by atoms with Gasteiger partial charge in [-0.3, -0.25) is 9.59 Å². The highest BCUT2D eigenvalue weighted by Gasteiger charge is 2.54. The summed E-state index contributed by atoms with van der Waals surface area (Å²) < 4.78 is 29.3. The minimum absolute atomic E-state index is 0.104. The predicted molar refractivity (Wildman–Crippen MR) is 172 cm³/mol. The smallest absolute Gasteiger partial charge is 0.310 e. The zero-order chi connectivity index (χ0) is 31.6. The Morgan fingerprint density at radius 1 is 0.848 bits per heavy atom. The largest absolute Gasteiger partial charge is 0.494 e. The van der Waals surface area contributed by atoms with Crippen LogP contribution in [0.4, 0.5) is 0 Å². The molecule has 0 spiro atoms. The number of carbonyl (C=O) groups is 2. The molecule has 0 bridgehead atoms. The van der Waals surface area contributed by atoms with E-state index in [2.05, 4.69) is 6.92 Å². The van der Waals surface area contributed by atoms with Crippen LogP contribution >= 0.6 is 0 Å². The third kappa shape index (κ3) is 5.72.